The van der Waals surface area contributed by atoms with Gasteiger partial charge < -0.3 is 4.62 Å². The van der Waals surface area contributed by atoms with Gasteiger partial charge in [0.25, 0.3) is 0 Å². The molecule has 0 amide bonds. The lowest BCUT2D eigenvalue weighted by Crippen LogP contribution is -2.16. The molecular weight excluding hydrogens is 423 g/mol. The van der Waals surface area contributed by atoms with E-state index in [1.807, 2.05) is 73.7 Å². The molecule has 31 heavy (non-hydrogen) atoms. The molecule has 0 spiro atoms. The van der Waals surface area contributed by atoms with Gasteiger partial charge in [-0.15, -0.1) is 0 Å². The molecule has 0 aliphatic carbocycles. The van der Waals surface area contributed by atoms with Gasteiger partial charge in [0.1, 0.15) is 11.1 Å². The van der Waals surface area contributed by atoms with E-state index in [-0.39, 0.29) is 0 Å². The number of thioether (sulfide) groups is 1. The molecule has 0 unspecified atom stereocenters. The van der Waals surface area contributed by atoms with Gasteiger partial charge in [0, 0.05) is 4.91 Å². The largest absolute Gasteiger partial charge is 0.330 e. The lowest BCUT2D eigenvalue weighted by Gasteiger charge is -2.16. The van der Waals surface area contributed by atoms with E-state index in [1.165, 1.54) is 11.8 Å². The minimum atomic E-state index is -3.41. The van der Waals surface area contributed by atoms with Crippen LogP contribution in [-0.2, 0) is 9.19 Å². The summed E-state index contributed by atoms with van der Waals surface area (Å²) in [7, 11) is -3.41. The maximum atomic E-state index is 13.9. The van der Waals surface area contributed by atoms with E-state index in [1.54, 1.807) is 30.3 Å². The van der Waals surface area contributed by atoms with Crippen LogP contribution in [0.4, 0.5) is 0 Å². The summed E-state index contributed by atoms with van der Waals surface area (Å²) >= 11 is 1.33. The second-order valence-electron chi connectivity index (χ2n) is 6.84. The normalized spacial score (nSPS) is 16.2. The number of nitrogens with zero attached hydrogens (tertiary/aromatic N) is 2. The van der Waals surface area contributed by atoms with E-state index in [2.05, 4.69) is 11.2 Å². The van der Waals surface area contributed by atoms with Crippen LogP contribution in [-0.4, -0.2) is 5.04 Å². The molecule has 1 aliphatic rings. The minimum Gasteiger partial charge on any atom is -0.329 e. The molecule has 0 radical (unpaired) electrons. The van der Waals surface area contributed by atoms with Crippen LogP contribution in [0.3, 0.4) is 0 Å². The number of oxime groups is 1. The van der Waals surface area contributed by atoms with Gasteiger partial charge in [0.05, 0.1) is 16.2 Å². The summed E-state index contributed by atoms with van der Waals surface area (Å²) in [5.74, 6) is 0. The smallest absolute Gasteiger partial charge is 0.329 e. The average Bonchev–Trinajstić information content (AvgIpc) is 3.29. The Morgan fingerprint density at radius 2 is 1.48 bits per heavy atom. The molecule has 0 bridgehead atoms. The molecule has 0 N–H and O–H groups in total. The van der Waals surface area contributed by atoms with Gasteiger partial charge in [0.2, 0.25) is 0 Å². The summed E-state index contributed by atoms with van der Waals surface area (Å²) in [5, 5.41) is 15.6. The highest BCUT2D eigenvalue weighted by molar-refractivity contribution is 8.18. The van der Waals surface area contributed by atoms with Crippen LogP contribution in [0.15, 0.2) is 107 Å². The Kier molecular flexibility index (Phi) is 6.23. The van der Waals surface area contributed by atoms with E-state index in [4.69, 9.17) is 4.62 Å². The van der Waals surface area contributed by atoms with Crippen molar-refractivity contribution < 1.29 is 9.19 Å². The van der Waals surface area contributed by atoms with Crippen LogP contribution < -0.4 is 10.6 Å². The summed E-state index contributed by atoms with van der Waals surface area (Å²) in [4.78, 5) is 0.786. The summed E-state index contributed by atoms with van der Waals surface area (Å²) in [6.07, 6.45) is 3.61. The molecule has 1 aliphatic heterocycles. The molecule has 3 aromatic carbocycles. The van der Waals surface area contributed by atoms with Crippen LogP contribution in [0, 0.1) is 18.3 Å². The van der Waals surface area contributed by atoms with Gasteiger partial charge in [-0.05, 0) is 54.5 Å². The molecule has 3 aromatic rings. The van der Waals surface area contributed by atoms with Crippen LogP contribution in [0.2, 0.25) is 0 Å². The lowest BCUT2D eigenvalue weighted by atomic mass is 10.0. The summed E-state index contributed by atoms with van der Waals surface area (Å²) < 4.78 is 19.6. The quantitative estimate of drug-likeness (QED) is 0.285. The van der Waals surface area contributed by atoms with E-state index < -0.39 is 7.37 Å². The molecule has 1 heterocycles. The summed E-state index contributed by atoms with van der Waals surface area (Å²) in [6, 6.07) is 28.2. The zero-order valence-electron chi connectivity index (χ0n) is 16.8. The highest BCUT2D eigenvalue weighted by atomic mass is 32.2. The Balaban J connectivity index is 1.65. The standard InChI is InChI=1S/C25H19N2O2PS/c1-19-10-8-9-15-22(19)23(18-26)24-16-17-25(31-24)27-29-30(28,20-11-4-2-5-12-20)21-13-6-3-7-14-21/h2-17H,1H3. The molecular formula is C25H19N2O2PS. The highest BCUT2D eigenvalue weighted by Gasteiger charge is 2.30. The van der Waals surface area contributed by atoms with Crippen molar-refractivity contribution in [2.75, 3.05) is 0 Å². The monoisotopic (exact) mass is 442 g/mol. The maximum absolute atomic E-state index is 13.9. The Labute approximate surface area is 186 Å². The second kappa shape index (κ2) is 9.22. The third-order valence-corrected chi connectivity index (χ3v) is 8.05. The summed E-state index contributed by atoms with van der Waals surface area (Å²) in [6.45, 7) is 1.98. The van der Waals surface area contributed by atoms with Crippen molar-refractivity contribution in [3.8, 4) is 6.07 Å². The van der Waals surface area contributed by atoms with Crippen molar-refractivity contribution in [1.29, 1.82) is 5.26 Å². The van der Waals surface area contributed by atoms with Crippen LogP contribution in [0.5, 0.6) is 0 Å². The Morgan fingerprint density at radius 1 is 0.903 bits per heavy atom. The second-order valence-corrected chi connectivity index (χ2v) is 10.2. The van der Waals surface area contributed by atoms with E-state index in [0.29, 0.717) is 21.2 Å². The number of rotatable bonds is 5. The molecule has 0 saturated carbocycles. The Morgan fingerprint density at radius 3 is 2.06 bits per heavy atom. The first-order valence-corrected chi connectivity index (χ1v) is 12.1. The van der Waals surface area contributed by atoms with Crippen molar-refractivity contribution in [2.45, 2.75) is 6.92 Å². The van der Waals surface area contributed by atoms with Gasteiger partial charge in [-0.3, -0.25) is 4.57 Å². The molecule has 152 valence electrons. The van der Waals surface area contributed by atoms with Crippen LogP contribution in [0.25, 0.3) is 5.57 Å². The van der Waals surface area contributed by atoms with Gasteiger partial charge in [-0.1, -0.05) is 77.6 Å². The van der Waals surface area contributed by atoms with Crippen molar-refractivity contribution in [1.82, 2.24) is 0 Å². The molecule has 0 atom stereocenters. The molecule has 0 aromatic heterocycles. The Bertz CT molecular complexity index is 1230. The lowest BCUT2D eigenvalue weighted by molar-refractivity contribution is 0.351. The number of nitriles is 1. The average molecular weight is 442 g/mol. The third-order valence-electron chi connectivity index (χ3n) is 4.80. The van der Waals surface area contributed by atoms with Gasteiger partial charge in [-0.2, -0.15) is 5.26 Å². The van der Waals surface area contributed by atoms with Crippen molar-refractivity contribution in [2.24, 2.45) is 5.16 Å². The molecule has 0 fully saturated rings. The van der Waals surface area contributed by atoms with Gasteiger partial charge in [0.15, 0.2) is 0 Å². The number of benzene rings is 3. The SMILES string of the molecule is Cc1ccccc1C(C#N)=C1C=CC(=NOP(=O)(c2ccccc2)c2ccccc2)S1. The number of aryl methyl sites for hydroxylation is 1. The predicted octanol–water partition coefficient (Wildman–Crippen LogP) is 5.79. The fraction of sp³-hybridized carbons (Fsp3) is 0.0400. The van der Waals surface area contributed by atoms with Crippen molar-refractivity contribution >= 4 is 40.4 Å². The third kappa shape index (κ3) is 4.41. The zero-order chi connectivity index (χ0) is 21.7. The maximum Gasteiger partial charge on any atom is 0.330 e. The van der Waals surface area contributed by atoms with Gasteiger partial charge >= 0.3 is 7.37 Å². The number of hydrogen-bond donors (Lipinski definition) is 0. The van der Waals surface area contributed by atoms with Gasteiger partial charge in [-0.25, -0.2) is 0 Å². The highest BCUT2D eigenvalue weighted by Crippen LogP contribution is 2.46. The Hall–Kier alpha value is -3.32. The van der Waals surface area contributed by atoms with Crippen LogP contribution in [0.1, 0.15) is 11.1 Å². The van der Waals surface area contributed by atoms with E-state index >= 15 is 0 Å². The van der Waals surface area contributed by atoms with Crippen molar-refractivity contribution in [3.63, 3.8) is 0 Å². The topological polar surface area (TPSA) is 62.4 Å². The first-order chi connectivity index (χ1) is 15.1. The molecule has 6 heteroatoms. The molecule has 0 saturated heterocycles. The van der Waals surface area contributed by atoms with Crippen LogP contribution >= 0.6 is 19.1 Å². The first kappa shape index (κ1) is 20.9. The van der Waals surface area contributed by atoms with E-state index in [0.717, 1.165) is 16.0 Å². The fourth-order valence-corrected chi connectivity index (χ4v) is 5.91. The van der Waals surface area contributed by atoms with E-state index in [9.17, 15) is 9.83 Å². The molecule has 4 nitrogen and oxygen atoms in total. The zero-order valence-corrected chi connectivity index (χ0v) is 18.5. The fourth-order valence-electron chi connectivity index (χ4n) is 3.20. The van der Waals surface area contributed by atoms with Crippen molar-refractivity contribution in [3.05, 3.63) is 113 Å². The number of hydrogen-bond acceptors (Lipinski definition) is 5. The number of allylic oxidation sites excluding steroid dienone is 2. The predicted molar refractivity (Wildman–Crippen MR) is 129 cm³/mol. The minimum absolute atomic E-state index is 0.545. The summed E-state index contributed by atoms with van der Waals surface area (Å²) in [5.41, 5.74) is 2.50. The molecule has 4 rings (SSSR count). The first-order valence-electron chi connectivity index (χ1n) is 9.66.